The van der Waals surface area contributed by atoms with Crippen LogP contribution in [0.15, 0.2) is 48.5 Å². The van der Waals surface area contributed by atoms with Gasteiger partial charge in [-0.2, -0.15) is 0 Å². The fourth-order valence-electron chi connectivity index (χ4n) is 2.87. The number of nitrogens with zero attached hydrogens (tertiary/aromatic N) is 1. The van der Waals surface area contributed by atoms with E-state index in [1.165, 1.54) is 6.07 Å². The molecule has 1 aliphatic rings. The Kier molecular flexibility index (Phi) is 6.33. The molecule has 1 heterocycles. The lowest BCUT2D eigenvalue weighted by atomic mass is 10.2. The van der Waals surface area contributed by atoms with Crippen LogP contribution in [0.3, 0.4) is 0 Å². The van der Waals surface area contributed by atoms with Gasteiger partial charge in [-0.25, -0.2) is 0 Å². The number of amides is 2. The van der Waals surface area contributed by atoms with Crippen LogP contribution >= 0.6 is 0 Å². The number of anilines is 1. The van der Waals surface area contributed by atoms with Crippen molar-refractivity contribution < 1.29 is 28.6 Å². The molecule has 2 aromatic carbocycles. The van der Waals surface area contributed by atoms with Crippen molar-refractivity contribution in [3.05, 3.63) is 54.1 Å². The van der Waals surface area contributed by atoms with Gasteiger partial charge in [-0.1, -0.05) is 18.2 Å². The number of hydrogen-bond donors (Lipinski definition) is 1. The van der Waals surface area contributed by atoms with Gasteiger partial charge in [0.25, 0.3) is 11.8 Å². The summed E-state index contributed by atoms with van der Waals surface area (Å²) in [4.78, 5) is 38.2. The first-order valence-corrected chi connectivity index (χ1v) is 9.16. The molecule has 2 aromatic rings. The van der Waals surface area contributed by atoms with E-state index in [0.29, 0.717) is 17.1 Å². The van der Waals surface area contributed by atoms with Gasteiger partial charge in [-0.05, 0) is 44.2 Å². The van der Waals surface area contributed by atoms with Crippen LogP contribution in [0.5, 0.6) is 11.5 Å². The maximum absolute atomic E-state index is 12.5. The van der Waals surface area contributed by atoms with Crippen molar-refractivity contribution in [2.75, 3.05) is 24.8 Å². The van der Waals surface area contributed by atoms with Crippen LogP contribution in [0.25, 0.3) is 0 Å². The van der Waals surface area contributed by atoms with Crippen molar-refractivity contribution in [2.24, 2.45) is 0 Å². The van der Waals surface area contributed by atoms with Crippen LogP contribution < -0.4 is 19.7 Å². The van der Waals surface area contributed by atoms with E-state index in [-0.39, 0.29) is 25.3 Å². The molecule has 0 fully saturated rings. The first-order chi connectivity index (χ1) is 14.0. The minimum absolute atomic E-state index is 0.102. The first kappa shape index (κ1) is 20.2. The lowest BCUT2D eigenvalue weighted by molar-refractivity contribution is -0.146. The number of carbonyl (C=O) groups excluding carboxylic acids is 3. The molecule has 2 amide bonds. The topological polar surface area (TPSA) is 94.2 Å². The molecule has 0 bridgehead atoms. The van der Waals surface area contributed by atoms with E-state index in [1.807, 2.05) is 44.2 Å². The zero-order chi connectivity index (χ0) is 20.8. The Morgan fingerprint density at radius 2 is 1.79 bits per heavy atom. The normalized spacial score (nSPS) is 11.8. The number of para-hydroxylation sites is 1. The standard InChI is InChI=1S/C21H22N2O6/c1-14(2)23(16-6-4-3-5-7-16)19(24)12-27-20(25)11-22-21(26)15-8-9-17-18(10-15)29-13-28-17/h3-10,14H,11-13H2,1-2H3,(H,22,26). The van der Waals surface area contributed by atoms with Gasteiger partial charge in [-0.15, -0.1) is 0 Å². The van der Waals surface area contributed by atoms with Crippen LogP contribution in [-0.2, 0) is 14.3 Å². The molecular weight excluding hydrogens is 376 g/mol. The molecule has 0 atom stereocenters. The smallest absolute Gasteiger partial charge is 0.325 e. The second-order valence-electron chi connectivity index (χ2n) is 6.60. The number of nitrogens with one attached hydrogen (secondary N) is 1. The highest BCUT2D eigenvalue weighted by atomic mass is 16.7. The highest BCUT2D eigenvalue weighted by Gasteiger charge is 2.21. The summed E-state index contributed by atoms with van der Waals surface area (Å²) in [5.41, 5.74) is 1.05. The van der Waals surface area contributed by atoms with Crippen LogP contribution in [0.2, 0.25) is 0 Å². The van der Waals surface area contributed by atoms with Gasteiger partial charge >= 0.3 is 5.97 Å². The fraction of sp³-hybridized carbons (Fsp3) is 0.286. The van der Waals surface area contributed by atoms with E-state index in [9.17, 15) is 14.4 Å². The summed E-state index contributed by atoms with van der Waals surface area (Å²) in [6.07, 6.45) is 0. The summed E-state index contributed by atoms with van der Waals surface area (Å²) in [6.45, 7) is 3.09. The molecule has 152 valence electrons. The quantitative estimate of drug-likeness (QED) is 0.718. The third-order valence-corrected chi connectivity index (χ3v) is 4.20. The summed E-state index contributed by atoms with van der Waals surface area (Å²) in [5.74, 6) is -0.473. The number of hydrogen-bond acceptors (Lipinski definition) is 6. The molecule has 0 saturated carbocycles. The van der Waals surface area contributed by atoms with Crippen LogP contribution in [0.4, 0.5) is 5.69 Å². The Labute approximate surface area is 168 Å². The average Bonchev–Trinajstić information content (AvgIpc) is 3.19. The summed E-state index contributed by atoms with van der Waals surface area (Å²) < 4.78 is 15.4. The highest BCUT2D eigenvalue weighted by Crippen LogP contribution is 2.32. The van der Waals surface area contributed by atoms with E-state index in [0.717, 1.165) is 5.69 Å². The fourth-order valence-corrected chi connectivity index (χ4v) is 2.87. The summed E-state index contributed by atoms with van der Waals surface area (Å²) in [7, 11) is 0. The van der Waals surface area contributed by atoms with Gasteiger partial charge in [0.15, 0.2) is 18.1 Å². The molecule has 0 radical (unpaired) electrons. The maximum atomic E-state index is 12.5. The SMILES string of the molecule is CC(C)N(C(=O)COC(=O)CNC(=O)c1ccc2c(c1)OCO2)c1ccccc1. The van der Waals surface area contributed by atoms with Crippen molar-refractivity contribution in [3.8, 4) is 11.5 Å². The predicted octanol–water partition coefficient (Wildman–Crippen LogP) is 2.13. The number of esters is 1. The number of rotatable bonds is 7. The predicted molar refractivity (Wildman–Crippen MR) is 105 cm³/mol. The molecule has 0 spiro atoms. The molecule has 0 aliphatic carbocycles. The highest BCUT2D eigenvalue weighted by molar-refractivity contribution is 5.97. The third kappa shape index (κ3) is 5.04. The molecule has 29 heavy (non-hydrogen) atoms. The van der Waals surface area contributed by atoms with E-state index < -0.39 is 18.5 Å². The Hall–Kier alpha value is -3.55. The average molecular weight is 398 g/mol. The number of benzene rings is 2. The zero-order valence-electron chi connectivity index (χ0n) is 16.2. The maximum Gasteiger partial charge on any atom is 0.325 e. The molecule has 1 N–H and O–H groups in total. The van der Waals surface area contributed by atoms with Gasteiger partial charge in [0, 0.05) is 17.3 Å². The summed E-state index contributed by atoms with van der Waals surface area (Å²) >= 11 is 0. The van der Waals surface area contributed by atoms with E-state index >= 15 is 0 Å². The number of carbonyl (C=O) groups is 3. The lowest BCUT2D eigenvalue weighted by Gasteiger charge is -2.26. The Morgan fingerprint density at radius 3 is 2.52 bits per heavy atom. The molecule has 0 unspecified atom stereocenters. The van der Waals surface area contributed by atoms with Crippen molar-refractivity contribution in [1.82, 2.24) is 5.32 Å². The van der Waals surface area contributed by atoms with Crippen LogP contribution in [-0.4, -0.2) is 43.8 Å². The minimum atomic E-state index is -0.704. The van der Waals surface area contributed by atoms with E-state index in [4.69, 9.17) is 14.2 Å². The molecule has 8 nitrogen and oxygen atoms in total. The molecule has 3 rings (SSSR count). The first-order valence-electron chi connectivity index (χ1n) is 9.16. The van der Waals surface area contributed by atoms with Crippen molar-refractivity contribution in [2.45, 2.75) is 19.9 Å². The van der Waals surface area contributed by atoms with E-state index in [1.54, 1.807) is 17.0 Å². The van der Waals surface area contributed by atoms with Crippen molar-refractivity contribution in [1.29, 1.82) is 0 Å². The third-order valence-electron chi connectivity index (χ3n) is 4.20. The van der Waals surface area contributed by atoms with Gasteiger partial charge in [0.2, 0.25) is 6.79 Å². The Morgan fingerprint density at radius 1 is 1.07 bits per heavy atom. The lowest BCUT2D eigenvalue weighted by Crippen LogP contribution is -2.40. The monoisotopic (exact) mass is 398 g/mol. The van der Waals surface area contributed by atoms with Crippen molar-refractivity contribution in [3.63, 3.8) is 0 Å². The number of fused-ring (bicyclic) bond motifs is 1. The van der Waals surface area contributed by atoms with Gasteiger partial charge in [-0.3, -0.25) is 14.4 Å². The van der Waals surface area contributed by atoms with Crippen LogP contribution in [0.1, 0.15) is 24.2 Å². The zero-order valence-corrected chi connectivity index (χ0v) is 16.2. The van der Waals surface area contributed by atoms with Gasteiger partial charge in [0.05, 0.1) is 0 Å². The van der Waals surface area contributed by atoms with Crippen LogP contribution in [0, 0.1) is 0 Å². The Bertz CT molecular complexity index is 897. The minimum Gasteiger partial charge on any atom is -0.454 e. The second kappa shape index (κ2) is 9.09. The molecule has 1 aliphatic heterocycles. The number of ether oxygens (including phenoxy) is 3. The second-order valence-corrected chi connectivity index (χ2v) is 6.60. The van der Waals surface area contributed by atoms with E-state index in [2.05, 4.69) is 5.32 Å². The van der Waals surface area contributed by atoms with Gasteiger partial charge in [0.1, 0.15) is 6.54 Å². The molecule has 8 heteroatoms. The molecule has 0 aromatic heterocycles. The summed E-state index contributed by atoms with van der Waals surface area (Å²) in [6, 6.07) is 13.8. The molecule has 0 saturated heterocycles. The van der Waals surface area contributed by atoms with Gasteiger partial charge < -0.3 is 24.4 Å². The largest absolute Gasteiger partial charge is 0.454 e. The molecular formula is C21H22N2O6. The van der Waals surface area contributed by atoms with Crippen molar-refractivity contribution >= 4 is 23.5 Å². The summed E-state index contributed by atoms with van der Waals surface area (Å²) in [5, 5.41) is 2.46. The Balaban J connectivity index is 1.49.